The maximum atomic E-state index is 11.8. The molecule has 0 bridgehead atoms. The number of ketones is 1. The molecule has 2 nitrogen and oxygen atoms in total. The Morgan fingerprint density at radius 3 is 2.39 bits per heavy atom. The normalized spacial score (nSPS) is 11.5. The van der Waals surface area contributed by atoms with E-state index in [0.29, 0.717) is 25.2 Å². The zero-order valence-corrected chi connectivity index (χ0v) is 11.6. The quantitative estimate of drug-likeness (QED) is 0.765. The Kier molecular flexibility index (Phi) is 6.06. The van der Waals surface area contributed by atoms with Gasteiger partial charge in [0.1, 0.15) is 5.78 Å². The molecule has 18 heavy (non-hydrogen) atoms. The SMILES string of the molecule is CC(C)(CCN)CCC(=O)CCc1ccccc1. The van der Waals surface area contributed by atoms with E-state index in [2.05, 4.69) is 26.0 Å². The number of Topliss-reactive ketones (excluding diaryl/α,β-unsaturated/α-hetero) is 1. The summed E-state index contributed by atoms with van der Waals surface area (Å²) in [5.74, 6) is 0.365. The van der Waals surface area contributed by atoms with E-state index in [0.717, 1.165) is 19.3 Å². The van der Waals surface area contributed by atoms with Crippen molar-refractivity contribution in [3.8, 4) is 0 Å². The second-order valence-electron chi connectivity index (χ2n) is 5.73. The molecule has 100 valence electrons. The van der Waals surface area contributed by atoms with Crippen LogP contribution >= 0.6 is 0 Å². The number of nitrogens with two attached hydrogens (primary N) is 1. The Morgan fingerprint density at radius 1 is 1.11 bits per heavy atom. The van der Waals surface area contributed by atoms with E-state index in [9.17, 15) is 4.79 Å². The van der Waals surface area contributed by atoms with E-state index in [-0.39, 0.29) is 5.41 Å². The van der Waals surface area contributed by atoms with Gasteiger partial charge in [0.15, 0.2) is 0 Å². The lowest BCUT2D eigenvalue weighted by Crippen LogP contribution is -2.18. The molecule has 0 saturated heterocycles. The number of hydrogen-bond donors (Lipinski definition) is 1. The predicted molar refractivity (Wildman–Crippen MR) is 76.5 cm³/mol. The standard InChI is InChI=1S/C16H25NO/c1-16(2,12-13-17)11-10-15(18)9-8-14-6-4-3-5-7-14/h3-7H,8-13,17H2,1-2H3. The van der Waals surface area contributed by atoms with Gasteiger partial charge in [-0.25, -0.2) is 0 Å². The molecule has 0 spiro atoms. The van der Waals surface area contributed by atoms with Gasteiger partial charge in [0.25, 0.3) is 0 Å². The van der Waals surface area contributed by atoms with Gasteiger partial charge in [-0.3, -0.25) is 4.79 Å². The van der Waals surface area contributed by atoms with Crippen molar-refractivity contribution in [3.63, 3.8) is 0 Å². The molecular formula is C16H25NO. The Labute approximate surface area is 111 Å². The fourth-order valence-electron chi connectivity index (χ4n) is 2.05. The van der Waals surface area contributed by atoms with Crippen LogP contribution in [0.2, 0.25) is 0 Å². The molecule has 0 radical (unpaired) electrons. The van der Waals surface area contributed by atoms with Crippen LogP contribution in [0.25, 0.3) is 0 Å². The monoisotopic (exact) mass is 247 g/mol. The number of carbonyl (C=O) groups is 1. The van der Waals surface area contributed by atoms with E-state index < -0.39 is 0 Å². The fourth-order valence-corrected chi connectivity index (χ4v) is 2.05. The highest BCUT2D eigenvalue weighted by atomic mass is 16.1. The van der Waals surface area contributed by atoms with Gasteiger partial charge in [-0.1, -0.05) is 44.2 Å². The van der Waals surface area contributed by atoms with Gasteiger partial charge in [-0.15, -0.1) is 0 Å². The molecule has 0 atom stereocenters. The maximum absolute atomic E-state index is 11.8. The van der Waals surface area contributed by atoms with Crippen molar-refractivity contribution in [3.05, 3.63) is 35.9 Å². The molecule has 0 aromatic heterocycles. The summed E-state index contributed by atoms with van der Waals surface area (Å²) in [6.07, 6.45) is 4.12. The minimum absolute atomic E-state index is 0.192. The smallest absolute Gasteiger partial charge is 0.133 e. The Bertz CT molecular complexity index is 357. The van der Waals surface area contributed by atoms with Crippen molar-refractivity contribution in [2.75, 3.05) is 6.54 Å². The zero-order chi connectivity index (χ0) is 13.4. The molecule has 1 rings (SSSR count). The summed E-state index contributed by atoms with van der Waals surface area (Å²) >= 11 is 0. The molecule has 2 heteroatoms. The summed E-state index contributed by atoms with van der Waals surface area (Å²) in [7, 11) is 0. The van der Waals surface area contributed by atoms with Crippen LogP contribution in [0.5, 0.6) is 0 Å². The van der Waals surface area contributed by atoms with Crippen LogP contribution in [-0.2, 0) is 11.2 Å². The second-order valence-corrected chi connectivity index (χ2v) is 5.73. The lowest BCUT2D eigenvalue weighted by atomic mass is 9.83. The molecule has 0 saturated carbocycles. The van der Waals surface area contributed by atoms with Crippen molar-refractivity contribution in [2.24, 2.45) is 11.1 Å². The van der Waals surface area contributed by atoms with Crippen LogP contribution in [0, 0.1) is 5.41 Å². The predicted octanol–water partition coefficient (Wildman–Crippen LogP) is 3.34. The van der Waals surface area contributed by atoms with Crippen LogP contribution in [0.3, 0.4) is 0 Å². The lowest BCUT2D eigenvalue weighted by molar-refractivity contribution is -0.119. The highest BCUT2D eigenvalue weighted by Crippen LogP contribution is 2.26. The lowest BCUT2D eigenvalue weighted by Gasteiger charge is -2.23. The highest BCUT2D eigenvalue weighted by molar-refractivity contribution is 5.78. The first-order valence-electron chi connectivity index (χ1n) is 6.79. The highest BCUT2D eigenvalue weighted by Gasteiger charge is 2.18. The third-order valence-corrected chi connectivity index (χ3v) is 3.44. The molecule has 0 heterocycles. The third kappa shape index (κ3) is 5.97. The van der Waals surface area contributed by atoms with Crippen molar-refractivity contribution in [1.82, 2.24) is 0 Å². The van der Waals surface area contributed by atoms with E-state index in [4.69, 9.17) is 5.73 Å². The van der Waals surface area contributed by atoms with E-state index in [1.165, 1.54) is 5.56 Å². The van der Waals surface area contributed by atoms with Crippen LogP contribution in [-0.4, -0.2) is 12.3 Å². The number of rotatable bonds is 8. The number of carbonyl (C=O) groups excluding carboxylic acids is 1. The van der Waals surface area contributed by atoms with Crippen molar-refractivity contribution in [2.45, 2.75) is 46.0 Å². The summed E-state index contributed by atoms with van der Waals surface area (Å²) in [6.45, 7) is 5.07. The van der Waals surface area contributed by atoms with Gasteiger partial charge in [0.05, 0.1) is 0 Å². The minimum Gasteiger partial charge on any atom is -0.330 e. The van der Waals surface area contributed by atoms with Gasteiger partial charge >= 0.3 is 0 Å². The largest absolute Gasteiger partial charge is 0.330 e. The van der Waals surface area contributed by atoms with Crippen molar-refractivity contribution in [1.29, 1.82) is 0 Å². The first kappa shape index (κ1) is 14.9. The van der Waals surface area contributed by atoms with Crippen molar-refractivity contribution < 1.29 is 4.79 Å². The van der Waals surface area contributed by atoms with Gasteiger partial charge in [-0.05, 0) is 36.8 Å². The molecule has 0 amide bonds. The molecule has 0 aliphatic heterocycles. The Morgan fingerprint density at radius 2 is 1.78 bits per heavy atom. The molecule has 0 aliphatic rings. The molecular weight excluding hydrogens is 222 g/mol. The number of benzene rings is 1. The van der Waals surface area contributed by atoms with E-state index in [1.54, 1.807) is 0 Å². The average Bonchev–Trinajstić information content (AvgIpc) is 2.35. The molecule has 1 aromatic rings. The van der Waals surface area contributed by atoms with Crippen LogP contribution in [0.1, 0.15) is 45.1 Å². The van der Waals surface area contributed by atoms with Gasteiger partial charge in [0.2, 0.25) is 0 Å². The average molecular weight is 247 g/mol. The molecule has 0 aliphatic carbocycles. The summed E-state index contributed by atoms with van der Waals surface area (Å²) in [5, 5.41) is 0. The summed E-state index contributed by atoms with van der Waals surface area (Å²) in [4.78, 5) is 11.8. The molecule has 0 unspecified atom stereocenters. The summed E-state index contributed by atoms with van der Waals surface area (Å²) in [6, 6.07) is 10.2. The van der Waals surface area contributed by atoms with Gasteiger partial charge < -0.3 is 5.73 Å². The van der Waals surface area contributed by atoms with E-state index in [1.807, 2.05) is 18.2 Å². The Balaban J connectivity index is 2.26. The third-order valence-electron chi connectivity index (χ3n) is 3.44. The van der Waals surface area contributed by atoms with Crippen LogP contribution in [0.15, 0.2) is 30.3 Å². The minimum atomic E-state index is 0.192. The van der Waals surface area contributed by atoms with Gasteiger partial charge in [0, 0.05) is 12.8 Å². The van der Waals surface area contributed by atoms with Crippen LogP contribution < -0.4 is 5.73 Å². The Hall–Kier alpha value is -1.15. The van der Waals surface area contributed by atoms with Crippen molar-refractivity contribution >= 4 is 5.78 Å². The fraction of sp³-hybridized carbons (Fsp3) is 0.562. The summed E-state index contributed by atoms with van der Waals surface area (Å²) in [5.41, 5.74) is 7.01. The molecule has 0 fully saturated rings. The van der Waals surface area contributed by atoms with Crippen LogP contribution in [0.4, 0.5) is 0 Å². The second kappa shape index (κ2) is 7.32. The molecule has 1 aromatic carbocycles. The summed E-state index contributed by atoms with van der Waals surface area (Å²) < 4.78 is 0. The number of hydrogen-bond acceptors (Lipinski definition) is 2. The van der Waals surface area contributed by atoms with Gasteiger partial charge in [-0.2, -0.15) is 0 Å². The first-order valence-corrected chi connectivity index (χ1v) is 6.79. The zero-order valence-electron chi connectivity index (χ0n) is 11.6. The molecule has 2 N–H and O–H groups in total. The van der Waals surface area contributed by atoms with E-state index >= 15 is 0 Å². The first-order chi connectivity index (χ1) is 8.53. The topological polar surface area (TPSA) is 43.1 Å². The maximum Gasteiger partial charge on any atom is 0.133 e. The number of aryl methyl sites for hydroxylation is 1.